The zero-order valence-corrected chi connectivity index (χ0v) is 13.0. The third kappa shape index (κ3) is 3.00. The summed E-state index contributed by atoms with van der Waals surface area (Å²) in [6.45, 7) is 6.95. The minimum absolute atomic E-state index is 0.339. The first-order valence-corrected chi connectivity index (χ1v) is 7.60. The zero-order valence-electron chi connectivity index (χ0n) is 11.4. The van der Waals surface area contributed by atoms with Crippen LogP contribution in [-0.2, 0) is 0 Å². The lowest BCUT2D eigenvalue weighted by atomic mass is 9.69. The number of hydrogen-bond acceptors (Lipinski definition) is 2. The van der Waals surface area contributed by atoms with Crippen molar-refractivity contribution in [1.82, 2.24) is 0 Å². The summed E-state index contributed by atoms with van der Waals surface area (Å²) in [6, 6.07) is 1.85. The lowest BCUT2D eigenvalue weighted by Crippen LogP contribution is -2.28. The molecule has 1 heterocycles. The minimum Gasteiger partial charge on any atom is -0.465 e. The molecule has 0 saturated heterocycles. The van der Waals surface area contributed by atoms with E-state index in [2.05, 4.69) is 36.7 Å². The second-order valence-corrected chi connectivity index (χ2v) is 7.41. The Bertz CT molecular complexity index is 383. The molecule has 102 valence electrons. The van der Waals surface area contributed by atoms with Crippen LogP contribution in [0.25, 0.3) is 0 Å². The molecule has 0 spiro atoms. The molecule has 0 aromatic carbocycles. The fourth-order valence-electron chi connectivity index (χ4n) is 3.03. The smallest absolute Gasteiger partial charge is 0.146 e. The molecule has 1 N–H and O–H groups in total. The second-order valence-electron chi connectivity index (χ2n) is 6.56. The first kappa shape index (κ1) is 14.1. The molecule has 1 saturated carbocycles. The molecule has 1 unspecified atom stereocenters. The first-order valence-electron chi connectivity index (χ1n) is 6.80. The molecule has 2 nitrogen and oxygen atoms in total. The van der Waals surface area contributed by atoms with Crippen molar-refractivity contribution in [2.24, 2.45) is 17.3 Å². The summed E-state index contributed by atoms with van der Waals surface area (Å²) in [7, 11) is 0. The summed E-state index contributed by atoms with van der Waals surface area (Å²) in [6.07, 6.45) is 5.78. The van der Waals surface area contributed by atoms with Gasteiger partial charge >= 0.3 is 0 Å². The maximum atomic E-state index is 10.4. The van der Waals surface area contributed by atoms with E-state index in [1.165, 1.54) is 12.8 Å². The van der Waals surface area contributed by atoms with Crippen molar-refractivity contribution in [1.29, 1.82) is 0 Å². The van der Waals surface area contributed by atoms with Crippen LogP contribution in [0.4, 0.5) is 0 Å². The molecule has 1 aliphatic carbocycles. The molecular formula is C15H23BrO2. The maximum Gasteiger partial charge on any atom is 0.146 e. The molecule has 0 amide bonds. The van der Waals surface area contributed by atoms with Crippen LogP contribution in [0.3, 0.4) is 0 Å². The van der Waals surface area contributed by atoms with Crippen LogP contribution >= 0.6 is 15.9 Å². The quantitative estimate of drug-likeness (QED) is 0.839. The van der Waals surface area contributed by atoms with E-state index < -0.39 is 6.10 Å². The Kier molecular flexibility index (Phi) is 4.22. The Morgan fingerprint density at radius 2 is 1.89 bits per heavy atom. The molecule has 0 aliphatic heterocycles. The Hall–Kier alpha value is -0.280. The van der Waals surface area contributed by atoms with Gasteiger partial charge in [0.15, 0.2) is 0 Å². The van der Waals surface area contributed by atoms with Crippen LogP contribution in [0.5, 0.6) is 0 Å². The molecule has 1 atom stereocenters. The summed E-state index contributed by atoms with van der Waals surface area (Å²) in [5, 5.41) is 10.4. The lowest BCUT2D eigenvalue weighted by Gasteiger charge is -2.38. The van der Waals surface area contributed by atoms with Crippen molar-refractivity contribution in [2.75, 3.05) is 0 Å². The average molecular weight is 315 g/mol. The summed E-state index contributed by atoms with van der Waals surface area (Å²) in [5.41, 5.74) is 0.390. The van der Waals surface area contributed by atoms with E-state index in [1.54, 1.807) is 6.26 Å². The molecular weight excluding hydrogens is 292 g/mol. The Labute approximate surface area is 118 Å². The normalized spacial score (nSPS) is 27.2. The number of aliphatic hydroxyl groups is 1. The molecule has 18 heavy (non-hydrogen) atoms. The highest BCUT2D eigenvalue weighted by Gasteiger charge is 2.34. The van der Waals surface area contributed by atoms with Gasteiger partial charge in [0.25, 0.3) is 0 Å². The van der Waals surface area contributed by atoms with Gasteiger partial charge in [-0.2, -0.15) is 0 Å². The third-order valence-electron chi connectivity index (χ3n) is 4.36. The van der Waals surface area contributed by atoms with E-state index in [0.29, 0.717) is 17.1 Å². The van der Waals surface area contributed by atoms with E-state index in [1.807, 2.05) is 6.07 Å². The van der Waals surface area contributed by atoms with E-state index in [-0.39, 0.29) is 0 Å². The van der Waals surface area contributed by atoms with Gasteiger partial charge in [0, 0.05) is 0 Å². The van der Waals surface area contributed by atoms with Gasteiger partial charge in [-0.05, 0) is 64.9 Å². The maximum absolute atomic E-state index is 10.4. The molecule has 1 fully saturated rings. The molecule has 1 aromatic rings. The van der Waals surface area contributed by atoms with Crippen LogP contribution in [0.2, 0.25) is 0 Å². The lowest BCUT2D eigenvalue weighted by molar-refractivity contribution is 0.0386. The SMILES string of the molecule is CC(C)(C)C1CCC(C(O)c2occc2Br)CC1. The van der Waals surface area contributed by atoms with Gasteiger partial charge in [-0.15, -0.1) is 0 Å². The van der Waals surface area contributed by atoms with Crippen molar-refractivity contribution >= 4 is 15.9 Å². The van der Waals surface area contributed by atoms with E-state index in [0.717, 1.165) is 23.2 Å². The van der Waals surface area contributed by atoms with Crippen LogP contribution in [-0.4, -0.2) is 5.11 Å². The highest BCUT2D eigenvalue weighted by molar-refractivity contribution is 9.10. The summed E-state index contributed by atoms with van der Waals surface area (Å²) in [5.74, 6) is 1.81. The highest BCUT2D eigenvalue weighted by Crippen LogP contribution is 2.44. The number of furan rings is 1. The van der Waals surface area contributed by atoms with Crippen LogP contribution in [0.15, 0.2) is 21.2 Å². The van der Waals surface area contributed by atoms with E-state index in [9.17, 15) is 5.11 Å². The number of hydrogen-bond donors (Lipinski definition) is 1. The summed E-state index contributed by atoms with van der Waals surface area (Å²) in [4.78, 5) is 0. The third-order valence-corrected chi connectivity index (χ3v) is 5.01. The topological polar surface area (TPSA) is 33.4 Å². The summed E-state index contributed by atoms with van der Waals surface area (Å²) < 4.78 is 6.26. The molecule has 1 aliphatic rings. The monoisotopic (exact) mass is 314 g/mol. The summed E-state index contributed by atoms with van der Waals surface area (Å²) >= 11 is 3.42. The van der Waals surface area contributed by atoms with Crippen molar-refractivity contribution in [2.45, 2.75) is 52.6 Å². The minimum atomic E-state index is -0.463. The molecule has 0 bridgehead atoms. The number of rotatable bonds is 2. The van der Waals surface area contributed by atoms with Gasteiger partial charge < -0.3 is 9.52 Å². The predicted octanol–water partition coefficient (Wildman–Crippen LogP) is 4.93. The second kappa shape index (κ2) is 5.38. The number of aliphatic hydroxyl groups excluding tert-OH is 1. The standard InChI is InChI=1S/C15H23BrO2/c1-15(2,3)11-6-4-10(5-7-11)13(17)14-12(16)8-9-18-14/h8-11,13,17H,4-7H2,1-3H3. The van der Waals surface area contributed by atoms with Crippen molar-refractivity contribution in [3.05, 3.63) is 22.6 Å². The van der Waals surface area contributed by atoms with E-state index in [4.69, 9.17) is 4.42 Å². The molecule has 1 aromatic heterocycles. The van der Waals surface area contributed by atoms with E-state index >= 15 is 0 Å². The molecule has 0 radical (unpaired) electrons. The molecule has 2 rings (SSSR count). The molecule has 3 heteroatoms. The largest absolute Gasteiger partial charge is 0.465 e. The van der Waals surface area contributed by atoms with Crippen LogP contribution < -0.4 is 0 Å². The van der Waals surface area contributed by atoms with Gasteiger partial charge in [0.2, 0.25) is 0 Å². The van der Waals surface area contributed by atoms with Gasteiger partial charge in [0.1, 0.15) is 11.9 Å². The number of halogens is 1. The zero-order chi connectivity index (χ0) is 13.3. The predicted molar refractivity (Wildman–Crippen MR) is 76.3 cm³/mol. The van der Waals surface area contributed by atoms with Crippen molar-refractivity contribution < 1.29 is 9.52 Å². The van der Waals surface area contributed by atoms with Crippen LogP contribution in [0, 0.1) is 17.3 Å². The van der Waals surface area contributed by atoms with Gasteiger partial charge in [-0.3, -0.25) is 0 Å². The Balaban J connectivity index is 1.96. The van der Waals surface area contributed by atoms with Gasteiger partial charge in [-0.25, -0.2) is 0 Å². The first-order chi connectivity index (χ1) is 8.39. The van der Waals surface area contributed by atoms with Crippen LogP contribution in [0.1, 0.15) is 58.3 Å². The Morgan fingerprint density at radius 1 is 1.28 bits per heavy atom. The fraction of sp³-hybridized carbons (Fsp3) is 0.733. The highest BCUT2D eigenvalue weighted by atomic mass is 79.9. The van der Waals surface area contributed by atoms with Crippen molar-refractivity contribution in [3.8, 4) is 0 Å². The Morgan fingerprint density at radius 3 is 2.33 bits per heavy atom. The van der Waals surface area contributed by atoms with Gasteiger partial charge in [-0.1, -0.05) is 20.8 Å². The fourth-order valence-corrected chi connectivity index (χ4v) is 3.47. The van der Waals surface area contributed by atoms with Crippen molar-refractivity contribution in [3.63, 3.8) is 0 Å². The average Bonchev–Trinajstić information content (AvgIpc) is 2.73. The van der Waals surface area contributed by atoms with Gasteiger partial charge in [0.05, 0.1) is 10.7 Å².